The highest BCUT2D eigenvalue weighted by atomic mass is 16.2. The van der Waals surface area contributed by atoms with Crippen LogP contribution in [0.15, 0.2) is 15.7 Å². The van der Waals surface area contributed by atoms with Crippen LogP contribution in [0.4, 0.5) is 17.3 Å². The average molecular weight is 305 g/mol. The van der Waals surface area contributed by atoms with Crippen LogP contribution in [0.2, 0.25) is 0 Å². The number of aromatic nitrogens is 4. The number of aryl methyl sites for hydroxylation is 1. The largest absolute Gasteiger partial charge is 0.353 e. The first kappa shape index (κ1) is 13.9. The summed E-state index contributed by atoms with van der Waals surface area (Å²) in [5.74, 6) is 0.818. The Labute approximate surface area is 124 Å². The van der Waals surface area contributed by atoms with Crippen LogP contribution in [0, 0.1) is 0 Å². The average Bonchev–Trinajstić information content (AvgIpc) is 3.07. The number of anilines is 3. The van der Waals surface area contributed by atoms with Gasteiger partial charge in [-0.1, -0.05) is 0 Å². The van der Waals surface area contributed by atoms with E-state index in [2.05, 4.69) is 21.0 Å². The van der Waals surface area contributed by atoms with Gasteiger partial charge in [-0.25, -0.2) is 4.79 Å². The molecule has 10 nitrogen and oxygen atoms in total. The Bertz CT molecular complexity index is 876. The Morgan fingerprint density at radius 2 is 1.95 bits per heavy atom. The van der Waals surface area contributed by atoms with Crippen LogP contribution in [0.25, 0.3) is 0 Å². The molecule has 1 unspecified atom stereocenters. The van der Waals surface area contributed by atoms with Crippen molar-refractivity contribution in [2.75, 3.05) is 16.0 Å². The van der Waals surface area contributed by atoms with Gasteiger partial charge in [0.05, 0.1) is 5.69 Å². The van der Waals surface area contributed by atoms with Gasteiger partial charge >= 0.3 is 5.69 Å². The molecule has 1 amide bonds. The third-order valence-electron chi connectivity index (χ3n) is 3.65. The van der Waals surface area contributed by atoms with Crippen LogP contribution in [0.1, 0.15) is 11.9 Å². The van der Waals surface area contributed by atoms with E-state index in [4.69, 9.17) is 0 Å². The highest BCUT2D eigenvalue weighted by Gasteiger charge is 2.29. The van der Waals surface area contributed by atoms with Gasteiger partial charge < -0.3 is 16.0 Å². The molecule has 0 fully saturated rings. The van der Waals surface area contributed by atoms with E-state index in [1.54, 1.807) is 24.8 Å². The number of amides is 1. The SMILES string of the molecule is Cn1nc(NC=O)cc1C1Nc2c(n(C)c(=O)n(C)c2=O)N1. The minimum atomic E-state index is -0.435. The lowest BCUT2D eigenvalue weighted by atomic mass is 10.3. The van der Waals surface area contributed by atoms with Crippen LogP contribution in [-0.4, -0.2) is 25.3 Å². The molecule has 116 valence electrons. The van der Waals surface area contributed by atoms with Crippen LogP contribution in [0.5, 0.6) is 0 Å². The van der Waals surface area contributed by atoms with E-state index in [1.165, 1.54) is 11.6 Å². The summed E-state index contributed by atoms with van der Waals surface area (Å²) in [6.07, 6.45) is 0.103. The van der Waals surface area contributed by atoms with Gasteiger partial charge in [0, 0.05) is 27.2 Å². The van der Waals surface area contributed by atoms with E-state index >= 15 is 0 Å². The van der Waals surface area contributed by atoms with Crippen LogP contribution in [0.3, 0.4) is 0 Å². The molecule has 0 saturated carbocycles. The van der Waals surface area contributed by atoms with Crippen LogP contribution in [-0.2, 0) is 25.9 Å². The maximum Gasteiger partial charge on any atom is 0.332 e. The third-order valence-corrected chi connectivity index (χ3v) is 3.65. The molecular formula is C12H15N7O3. The summed E-state index contributed by atoms with van der Waals surface area (Å²) in [4.78, 5) is 34.6. The lowest BCUT2D eigenvalue weighted by Gasteiger charge is -2.12. The summed E-state index contributed by atoms with van der Waals surface area (Å²) in [5.41, 5.74) is 0.212. The lowest BCUT2D eigenvalue weighted by molar-refractivity contribution is -0.105. The number of rotatable bonds is 3. The molecule has 0 aromatic carbocycles. The van der Waals surface area contributed by atoms with E-state index in [1.807, 2.05) is 0 Å². The summed E-state index contributed by atoms with van der Waals surface area (Å²) in [6, 6.07) is 1.67. The molecule has 0 radical (unpaired) electrons. The zero-order valence-electron chi connectivity index (χ0n) is 12.2. The van der Waals surface area contributed by atoms with Crippen molar-refractivity contribution in [3.8, 4) is 0 Å². The Balaban J connectivity index is 2.04. The topological polar surface area (TPSA) is 115 Å². The number of fused-ring (bicyclic) bond motifs is 1. The number of hydrogen-bond donors (Lipinski definition) is 3. The summed E-state index contributed by atoms with van der Waals surface area (Å²) in [7, 11) is 4.73. The van der Waals surface area contributed by atoms with Gasteiger partial charge in [-0.05, 0) is 0 Å². The summed E-state index contributed by atoms with van der Waals surface area (Å²) in [6.45, 7) is 0. The summed E-state index contributed by atoms with van der Waals surface area (Å²) < 4.78 is 3.98. The van der Waals surface area contributed by atoms with Gasteiger partial charge in [-0.3, -0.25) is 23.4 Å². The maximum absolute atomic E-state index is 12.2. The number of carbonyl (C=O) groups is 1. The molecule has 1 aliphatic heterocycles. The normalized spacial score (nSPS) is 15.9. The van der Waals surface area contributed by atoms with Crippen molar-refractivity contribution in [3.63, 3.8) is 0 Å². The number of nitrogens with zero attached hydrogens (tertiary/aromatic N) is 4. The highest BCUT2D eigenvalue weighted by Crippen LogP contribution is 2.31. The molecule has 10 heteroatoms. The van der Waals surface area contributed by atoms with Gasteiger partial charge in [0.25, 0.3) is 5.56 Å². The molecule has 3 N–H and O–H groups in total. The molecule has 1 atom stereocenters. The summed E-state index contributed by atoms with van der Waals surface area (Å²) in [5, 5.41) is 12.7. The molecule has 2 aromatic heterocycles. The first-order chi connectivity index (χ1) is 10.4. The summed E-state index contributed by atoms with van der Waals surface area (Å²) >= 11 is 0. The zero-order valence-corrected chi connectivity index (χ0v) is 12.2. The second kappa shape index (κ2) is 4.76. The van der Waals surface area contributed by atoms with Crippen LogP contribution >= 0.6 is 0 Å². The van der Waals surface area contributed by atoms with Crippen molar-refractivity contribution in [1.29, 1.82) is 0 Å². The molecule has 1 aliphatic rings. The van der Waals surface area contributed by atoms with E-state index in [9.17, 15) is 14.4 Å². The molecular weight excluding hydrogens is 290 g/mol. The molecule has 0 saturated heterocycles. The maximum atomic E-state index is 12.2. The molecule has 0 bridgehead atoms. The van der Waals surface area contributed by atoms with Crippen LogP contribution < -0.4 is 27.2 Å². The number of carbonyl (C=O) groups excluding carboxylic acids is 1. The predicted molar refractivity (Wildman–Crippen MR) is 79.8 cm³/mol. The molecule has 0 spiro atoms. The minimum absolute atomic E-state index is 0.320. The third kappa shape index (κ3) is 1.88. The van der Waals surface area contributed by atoms with Gasteiger partial charge in [0.2, 0.25) is 6.41 Å². The Morgan fingerprint density at radius 1 is 1.23 bits per heavy atom. The van der Waals surface area contributed by atoms with Crippen molar-refractivity contribution in [2.24, 2.45) is 21.1 Å². The molecule has 0 aliphatic carbocycles. The smallest absolute Gasteiger partial charge is 0.332 e. The zero-order chi connectivity index (χ0) is 16.0. The second-order valence-corrected chi connectivity index (χ2v) is 4.99. The fourth-order valence-corrected chi connectivity index (χ4v) is 2.49. The first-order valence-corrected chi connectivity index (χ1v) is 6.51. The number of hydrogen-bond acceptors (Lipinski definition) is 6. The van der Waals surface area contributed by atoms with Gasteiger partial charge in [-0.15, -0.1) is 0 Å². The van der Waals surface area contributed by atoms with Crippen molar-refractivity contribution in [3.05, 3.63) is 32.6 Å². The van der Waals surface area contributed by atoms with Gasteiger partial charge in [0.1, 0.15) is 17.7 Å². The highest BCUT2D eigenvalue weighted by molar-refractivity contribution is 5.72. The second-order valence-electron chi connectivity index (χ2n) is 4.99. The standard InChI is InChI=1S/C12H15N7O3/c1-17-10-8(11(21)18(2)12(17)22)14-9(15-10)6-4-7(13-5-20)16-19(6)3/h4-5,9,14-15H,1-3H3,(H,13,16,20). The first-order valence-electron chi connectivity index (χ1n) is 6.51. The minimum Gasteiger partial charge on any atom is -0.353 e. The fraction of sp³-hybridized carbons (Fsp3) is 0.333. The van der Waals surface area contributed by atoms with Crippen molar-refractivity contribution in [2.45, 2.75) is 6.17 Å². The Hall–Kier alpha value is -3.04. The predicted octanol–water partition coefficient (Wildman–Crippen LogP) is -1.08. The van der Waals surface area contributed by atoms with Crippen molar-refractivity contribution >= 4 is 23.7 Å². The monoisotopic (exact) mass is 305 g/mol. The van der Waals surface area contributed by atoms with Crippen molar-refractivity contribution < 1.29 is 4.79 Å². The van der Waals surface area contributed by atoms with Gasteiger partial charge in [-0.2, -0.15) is 5.10 Å². The van der Waals surface area contributed by atoms with E-state index < -0.39 is 17.4 Å². The molecule has 3 rings (SSSR count). The Morgan fingerprint density at radius 3 is 2.64 bits per heavy atom. The number of nitrogens with one attached hydrogen (secondary N) is 3. The Kier molecular flexibility index (Phi) is 3.01. The van der Waals surface area contributed by atoms with E-state index in [-0.39, 0.29) is 0 Å². The molecule has 3 heterocycles. The molecule has 2 aromatic rings. The fourth-order valence-electron chi connectivity index (χ4n) is 2.49. The van der Waals surface area contributed by atoms with Gasteiger partial charge in [0.15, 0.2) is 5.82 Å². The lowest BCUT2D eigenvalue weighted by Crippen LogP contribution is -2.37. The van der Waals surface area contributed by atoms with E-state index in [0.717, 1.165) is 4.57 Å². The van der Waals surface area contributed by atoms with Crippen molar-refractivity contribution in [1.82, 2.24) is 18.9 Å². The quantitative estimate of drug-likeness (QED) is 0.622. The molecule has 22 heavy (non-hydrogen) atoms. The van der Waals surface area contributed by atoms with E-state index in [0.29, 0.717) is 29.4 Å².